The summed E-state index contributed by atoms with van der Waals surface area (Å²) in [6.07, 6.45) is 4.68. The van der Waals surface area contributed by atoms with E-state index in [0.29, 0.717) is 11.8 Å². The summed E-state index contributed by atoms with van der Waals surface area (Å²) in [4.78, 5) is 16.8. The summed E-state index contributed by atoms with van der Waals surface area (Å²) in [5.74, 6) is 1.38. The van der Waals surface area contributed by atoms with Gasteiger partial charge in [0.25, 0.3) is 0 Å². The van der Waals surface area contributed by atoms with Gasteiger partial charge in [-0.15, -0.1) is 0 Å². The van der Waals surface area contributed by atoms with Crippen molar-refractivity contribution in [1.29, 1.82) is 0 Å². The highest BCUT2D eigenvalue weighted by Crippen LogP contribution is 2.25. The van der Waals surface area contributed by atoms with Crippen LogP contribution in [-0.4, -0.2) is 22.7 Å². The predicted octanol–water partition coefficient (Wildman–Crippen LogP) is 4.33. The van der Waals surface area contributed by atoms with E-state index in [-0.39, 0.29) is 5.91 Å². The molecular weight excluding hydrogens is 304 g/mol. The highest BCUT2D eigenvalue weighted by atomic mass is 32.2. The van der Waals surface area contributed by atoms with Crippen LogP contribution in [0.3, 0.4) is 0 Å². The lowest BCUT2D eigenvalue weighted by Gasteiger charge is -2.26. The zero-order chi connectivity index (χ0) is 16.2. The maximum atomic E-state index is 12.2. The molecule has 0 saturated heterocycles. The van der Waals surface area contributed by atoms with Crippen LogP contribution in [0.1, 0.15) is 38.2 Å². The molecule has 1 fully saturated rings. The summed E-state index contributed by atoms with van der Waals surface area (Å²) in [5, 5.41) is 5.28. The highest BCUT2D eigenvalue weighted by Gasteiger charge is 2.19. The maximum absolute atomic E-state index is 12.2. The first-order chi connectivity index (χ1) is 11.1. The number of carbonyl (C=O) groups is 1. The molecule has 23 heavy (non-hydrogen) atoms. The van der Waals surface area contributed by atoms with Crippen LogP contribution in [-0.2, 0) is 4.79 Å². The number of carbonyl (C=O) groups excluding carboxylic acids is 1. The molecule has 3 rings (SSSR count). The lowest BCUT2D eigenvalue weighted by molar-refractivity contribution is -0.119. The molecule has 1 N–H and O–H groups in total. The maximum Gasteiger partial charge on any atom is 0.230 e. The number of aromatic nitrogens is 1. The van der Waals surface area contributed by atoms with Gasteiger partial charge in [-0.05, 0) is 56.2 Å². The van der Waals surface area contributed by atoms with E-state index in [1.54, 1.807) is 0 Å². The van der Waals surface area contributed by atoms with E-state index in [0.717, 1.165) is 29.3 Å². The molecule has 1 aromatic heterocycles. The Kier molecular flexibility index (Phi) is 5.21. The Morgan fingerprint density at radius 3 is 2.78 bits per heavy atom. The van der Waals surface area contributed by atoms with Gasteiger partial charge in [0.15, 0.2) is 0 Å². The number of hydrogen-bond acceptors (Lipinski definition) is 3. The molecule has 0 radical (unpaired) electrons. The first kappa shape index (κ1) is 16.3. The smallest absolute Gasteiger partial charge is 0.230 e. The number of para-hydroxylation sites is 1. The standard InChI is InChI=1S/C19H24N2OS/c1-13-7-9-15(10-8-13)20-18(22)12-23-19-11-14(2)16-5-3-4-6-17(16)21-19/h3-6,11,13,15H,7-10,12H2,1-2H3,(H,20,22). The van der Waals surface area contributed by atoms with Crippen LogP contribution in [0.2, 0.25) is 0 Å². The summed E-state index contributed by atoms with van der Waals surface area (Å²) in [5.41, 5.74) is 2.21. The summed E-state index contributed by atoms with van der Waals surface area (Å²) in [7, 11) is 0. The molecule has 122 valence electrons. The van der Waals surface area contributed by atoms with Crippen LogP contribution in [0.15, 0.2) is 35.4 Å². The van der Waals surface area contributed by atoms with E-state index in [1.165, 1.54) is 35.6 Å². The van der Waals surface area contributed by atoms with Gasteiger partial charge in [-0.3, -0.25) is 4.79 Å². The van der Waals surface area contributed by atoms with Crippen molar-refractivity contribution in [1.82, 2.24) is 10.3 Å². The molecule has 0 bridgehead atoms. The molecular formula is C19H24N2OS. The molecule has 4 heteroatoms. The Bertz CT molecular complexity index is 693. The van der Waals surface area contributed by atoms with Crippen molar-refractivity contribution in [2.75, 3.05) is 5.75 Å². The Morgan fingerprint density at radius 2 is 2.00 bits per heavy atom. The van der Waals surface area contributed by atoms with E-state index in [1.807, 2.05) is 18.2 Å². The molecule has 1 saturated carbocycles. The SMILES string of the molecule is Cc1cc(SCC(=O)NC2CCC(C)CC2)nc2ccccc12. The van der Waals surface area contributed by atoms with Crippen molar-refractivity contribution in [3.8, 4) is 0 Å². The van der Waals surface area contributed by atoms with Gasteiger partial charge in [0.2, 0.25) is 5.91 Å². The van der Waals surface area contributed by atoms with Crippen LogP contribution >= 0.6 is 11.8 Å². The zero-order valence-corrected chi connectivity index (χ0v) is 14.7. The largest absolute Gasteiger partial charge is 0.353 e. The lowest BCUT2D eigenvalue weighted by Crippen LogP contribution is -2.38. The van der Waals surface area contributed by atoms with Gasteiger partial charge in [0, 0.05) is 11.4 Å². The van der Waals surface area contributed by atoms with Crippen molar-refractivity contribution >= 4 is 28.6 Å². The number of nitrogens with zero attached hydrogens (tertiary/aromatic N) is 1. The number of thioether (sulfide) groups is 1. The molecule has 3 nitrogen and oxygen atoms in total. The first-order valence-electron chi connectivity index (χ1n) is 8.40. The highest BCUT2D eigenvalue weighted by molar-refractivity contribution is 7.99. The second-order valence-corrected chi connectivity index (χ2v) is 7.60. The van der Waals surface area contributed by atoms with Crippen molar-refractivity contribution in [3.05, 3.63) is 35.9 Å². The van der Waals surface area contributed by atoms with Gasteiger partial charge in [-0.2, -0.15) is 0 Å². The third kappa shape index (κ3) is 4.25. The van der Waals surface area contributed by atoms with Crippen LogP contribution in [0, 0.1) is 12.8 Å². The van der Waals surface area contributed by atoms with E-state index in [4.69, 9.17) is 0 Å². The molecule has 0 atom stereocenters. The lowest BCUT2D eigenvalue weighted by atomic mass is 9.87. The van der Waals surface area contributed by atoms with Crippen molar-refractivity contribution in [2.45, 2.75) is 50.6 Å². The zero-order valence-electron chi connectivity index (χ0n) is 13.8. The van der Waals surface area contributed by atoms with Crippen LogP contribution in [0.5, 0.6) is 0 Å². The van der Waals surface area contributed by atoms with Crippen molar-refractivity contribution in [3.63, 3.8) is 0 Å². The van der Waals surface area contributed by atoms with Gasteiger partial charge < -0.3 is 5.32 Å². The average molecular weight is 328 g/mol. The fraction of sp³-hybridized carbons (Fsp3) is 0.474. The minimum Gasteiger partial charge on any atom is -0.353 e. The number of pyridine rings is 1. The van der Waals surface area contributed by atoms with Gasteiger partial charge >= 0.3 is 0 Å². The van der Waals surface area contributed by atoms with Gasteiger partial charge in [0.1, 0.15) is 0 Å². The van der Waals surface area contributed by atoms with Crippen LogP contribution in [0.4, 0.5) is 0 Å². The second-order valence-electron chi connectivity index (χ2n) is 6.61. The van der Waals surface area contributed by atoms with E-state index < -0.39 is 0 Å². The molecule has 2 aromatic rings. The molecule has 1 aromatic carbocycles. The quantitative estimate of drug-likeness (QED) is 0.849. The van der Waals surface area contributed by atoms with E-state index >= 15 is 0 Å². The third-order valence-electron chi connectivity index (χ3n) is 4.63. The van der Waals surface area contributed by atoms with Crippen LogP contribution in [0.25, 0.3) is 10.9 Å². The number of amides is 1. The summed E-state index contributed by atoms with van der Waals surface area (Å²) in [6.45, 7) is 4.39. The molecule has 0 unspecified atom stereocenters. The van der Waals surface area contributed by atoms with E-state index in [2.05, 4.69) is 36.3 Å². The third-order valence-corrected chi connectivity index (χ3v) is 5.54. The summed E-state index contributed by atoms with van der Waals surface area (Å²) < 4.78 is 0. The number of benzene rings is 1. The predicted molar refractivity (Wildman–Crippen MR) is 96.8 cm³/mol. The molecule has 0 spiro atoms. The van der Waals surface area contributed by atoms with Gasteiger partial charge in [-0.25, -0.2) is 4.98 Å². The average Bonchev–Trinajstić information content (AvgIpc) is 2.55. The van der Waals surface area contributed by atoms with Crippen molar-refractivity contribution in [2.24, 2.45) is 5.92 Å². The van der Waals surface area contributed by atoms with Gasteiger partial charge in [-0.1, -0.05) is 36.9 Å². The molecule has 1 heterocycles. The first-order valence-corrected chi connectivity index (χ1v) is 9.39. The Balaban J connectivity index is 1.56. The minimum atomic E-state index is 0.127. The normalized spacial score (nSPS) is 21.3. The second kappa shape index (κ2) is 7.35. The Hall–Kier alpha value is -1.55. The molecule has 1 amide bonds. The minimum absolute atomic E-state index is 0.127. The number of nitrogens with one attached hydrogen (secondary N) is 1. The number of hydrogen-bond donors (Lipinski definition) is 1. The Morgan fingerprint density at radius 1 is 1.26 bits per heavy atom. The fourth-order valence-corrected chi connectivity index (χ4v) is 3.99. The number of rotatable bonds is 4. The topological polar surface area (TPSA) is 42.0 Å². The molecule has 0 aliphatic heterocycles. The van der Waals surface area contributed by atoms with Crippen molar-refractivity contribution < 1.29 is 4.79 Å². The molecule has 1 aliphatic rings. The Labute approximate surface area is 142 Å². The van der Waals surface area contributed by atoms with Crippen LogP contribution < -0.4 is 5.32 Å². The summed E-state index contributed by atoms with van der Waals surface area (Å²) >= 11 is 1.52. The van der Waals surface area contributed by atoms with Gasteiger partial charge in [0.05, 0.1) is 16.3 Å². The van der Waals surface area contributed by atoms with E-state index in [9.17, 15) is 4.79 Å². The number of aryl methyl sites for hydroxylation is 1. The fourth-order valence-electron chi connectivity index (χ4n) is 3.21. The molecule has 1 aliphatic carbocycles. The summed E-state index contributed by atoms with van der Waals surface area (Å²) in [6, 6.07) is 10.6. The monoisotopic (exact) mass is 328 g/mol. The number of fused-ring (bicyclic) bond motifs is 1.